The fraction of sp³-hybridized carbons (Fsp3) is 0.200. The van der Waals surface area contributed by atoms with E-state index in [1.54, 1.807) is 13.0 Å². The van der Waals surface area contributed by atoms with Gasteiger partial charge in [0.05, 0.1) is 5.69 Å². The van der Waals surface area contributed by atoms with Gasteiger partial charge in [-0.2, -0.15) is 0 Å². The van der Waals surface area contributed by atoms with Crippen molar-refractivity contribution in [3.63, 3.8) is 0 Å². The van der Waals surface area contributed by atoms with Crippen LogP contribution in [0.4, 0.5) is 15.9 Å². The van der Waals surface area contributed by atoms with Crippen LogP contribution in [0.2, 0.25) is 0 Å². The van der Waals surface area contributed by atoms with Crippen LogP contribution in [0.1, 0.15) is 12.6 Å². The predicted molar refractivity (Wildman–Crippen MR) is 88.4 cm³/mol. The zero-order valence-corrected chi connectivity index (χ0v) is 14.3. The number of nitrogens with one attached hydrogen (secondary N) is 1. The second-order valence-electron chi connectivity index (χ2n) is 4.90. The van der Waals surface area contributed by atoms with E-state index in [0.29, 0.717) is 10.2 Å². The molecule has 1 aromatic carbocycles. The van der Waals surface area contributed by atoms with E-state index in [2.05, 4.69) is 26.2 Å². The Labute approximate surface area is 145 Å². The summed E-state index contributed by atoms with van der Waals surface area (Å²) in [5, 5.41) is 13.4. The van der Waals surface area contributed by atoms with Gasteiger partial charge >= 0.3 is 5.82 Å². The van der Waals surface area contributed by atoms with Crippen molar-refractivity contribution in [2.24, 2.45) is 0 Å². The van der Waals surface area contributed by atoms with Crippen LogP contribution in [-0.4, -0.2) is 21.9 Å². The molecule has 0 radical (unpaired) electrons. The average Bonchev–Trinajstić information content (AvgIpc) is 2.51. The fourth-order valence-electron chi connectivity index (χ4n) is 1.82. The van der Waals surface area contributed by atoms with Gasteiger partial charge in [-0.3, -0.25) is 4.79 Å². The zero-order chi connectivity index (χ0) is 17.9. The summed E-state index contributed by atoms with van der Waals surface area (Å²) in [7, 11) is 0. The third-order valence-electron chi connectivity index (χ3n) is 3.01. The Morgan fingerprint density at radius 3 is 2.75 bits per heavy atom. The summed E-state index contributed by atoms with van der Waals surface area (Å²) in [5.74, 6) is -1.88. The van der Waals surface area contributed by atoms with Gasteiger partial charge in [0.1, 0.15) is 11.5 Å². The zero-order valence-electron chi connectivity index (χ0n) is 12.7. The topological polar surface area (TPSA) is 94.4 Å². The van der Waals surface area contributed by atoms with E-state index in [-0.39, 0.29) is 11.4 Å². The molecule has 9 heteroatoms. The highest BCUT2D eigenvalue weighted by molar-refractivity contribution is 9.10. The van der Waals surface area contributed by atoms with E-state index in [1.807, 2.05) is 0 Å². The number of pyridine rings is 1. The quantitative estimate of drug-likeness (QED) is 0.614. The number of amides is 1. The van der Waals surface area contributed by atoms with Crippen LogP contribution in [0.15, 0.2) is 34.8 Å². The molecule has 0 unspecified atom stereocenters. The molecule has 1 amide bonds. The highest BCUT2D eigenvalue weighted by Gasteiger charge is 2.23. The molecule has 126 valence electrons. The number of aromatic nitrogens is 1. The van der Waals surface area contributed by atoms with Gasteiger partial charge in [0.2, 0.25) is 5.75 Å². The summed E-state index contributed by atoms with van der Waals surface area (Å²) in [6.07, 6.45) is -1.09. The first kappa shape index (κ1) is 17.8. The molecule has 1 aromatic heterocycles. The first-order chi connectivity index (χ1) is 11.3. The minimum atomic E-state index is -1.09. The third-order valence-corrected chi connectivity index (χ3v) is 3.51. The summed E-state index contributed by atoms with van der Waals surface area (Å²) in [4.78, 5) is 26.2. The Kier molecular flexibility index (Phi) is 5.45. The van der Waals surface area contributed by atoms with Gasteiger partial charge in [-0.15, -0.1) is 0 Å². The van der Waals surface area contributed by atoms with Crippen molar-refractivity contribution in [1.29, 1.82) is 0 Å². The first-order valence-electron chi connectivity index (χ1n) is 6.82. The lowest BCUT2D eigenvalue weighted by atomic mass is 10.3. The molecule has 1 heterocycles. The van der Waals surface area contributed by atoms with Gasteiger partial charge in [-0.05, 0) is 47.2 Å². The summed E-state index contributed by atoms with van der Waals surface area (Å²) in [5.41, 5.74) is 0.429. The third kappa shape index (κ3) is 4.25. The molecule has 7 nitrogen and oxygen atoms in total. The van der Waals surface area contributed by atoms with E-state index >= 15 is 0 Å². The van der Waals surface area contributed by atoms with E-state index in [4.69, 9.17) is 4.74 Å². The van der Waals surface area contributed by atoms with Crippen LogP contribution >= 0.6 is 15.9 Å². The number of nitro groups is 1. The number of carbonyl (C=O) groups is 1. The number of ether oxygens (including phenoxy) is 1. The molecular weight excluding hydrogens is 385 g/mol. The number of aryl methyl sites for hydroxylation is 1. The van der Waals surface area contributed by atoms with Crippen molar-refractivity contribution in [2.45, 2.75) is 20.0 Å². The molecule has 1 atom stereocenters. The second-order valence-corrected chi connectivity index (χ2v) is 5.82. The Morgan fingerprint density at radius 2 is 2.12 bits per heavy atom. The molecule has 0 saturated heterocycles. The maximum atomic E-state index is 13.7. The van der Waals surface area contributed by atoms with Gasteiger partial charge in [-0.1, -0.05) is 15.9 Å². The van der Waals surface area contributed by atoms with Crippen LogP contribution in [0.5, 0.6) is 5.75 Å². The van der Waals surface area contributed by atoms with Crippen LogP contribution in [0, 0.1) is 22.9 Å². The van der Waals surface area contributed by atoms with Crippen molar-refractivity contribution in [3.05, 3.63) is 56.4 Å². The fourth-order valence-corrected chi connectivity index (χ4v) is 2.16. The molecule has 2 rings (SSSR count). The number of rotatable bonds is 5. The van der Waals surface area contributed by atoms with E-state index in [1.165, 1.54) is 31.2 Å². The lowest BCUT2D eigenvalue weighted by molar-refractivity contribution is -0.390. The largest absolute Gasteiger partial charge is 0.473 e. The molecule has 0 aliphatic carbocycles. The molecule has 0 bridgehead atoms. The van der Waals surface area contributed by atoms with Gasteiger partial charge < -0.3 is 20.2 Å². The monoisotopic (exact) mass is 397 g/mol. The number of carbonyl (C=O) groups excluding carboxylic acids is 1. The standard InChI is InChI=1S/C15H13BrFN3O4/c1-8-3-6-13(14(18-8)20(22)23)24-9(2)15(21)19-12-5-4-10(16)7-11(12)17/h3-7,9H,1-2H3,(H,19,21)/t9-/m0/s1. The molecule has 0 saturated carbocycles. The van der Waals surface area contributed by atoms with Crippen LogP contribution in [-0.2, 0) is 4.79 Å². The van der Waals surface area contributed by atoms with Crippen molar-refractivity contribution in [1.82, 2.24) is 4.98 Å². The molecule has 0 spiro atoms. The normalized spacial score (nSPS) is 11.7. The highest BCUT2D eigenvalue weighted by atomic mass is 79.9. The van der Waals surface area contributed by atoms with Gasteiger partial charge in [0.15, 0.2) is 6.10 Å². The summed E-state index contributed by atoms with van der Waals surface area (Å²) in [6.45, 7) is 3.00. The lowest BCUT2D eigenvalue weighted by Crippen LogP contribution is -2.30. The van der Waals surface area contributed by atoms with Crippen LogP contribution < -0.4 is 10.1 Å². The number of hydrogen-bond acceptors (Lipinski definition) is 5. The maximum Gasteiger partial charge on any atom is 0.406 e. The highest BCUT2D eigenvalue weighted by Crippen LogP contribution is 2.26. The van der Waals surface area contributed by atoms with Gasteiger partial charge in [0, 0.05) is 11.4 Å². The van der Waals surface area contributed by atoms with Gasteiger partial charge in [-0.25, -0.2) is 4.39 Å². The van der Waals surface area contributed by atoms with Crippen LogP contribution in [0.25, 0.3) is 0 Å². The number of nitrogens with zero attached hydrogens (tertiary/aromatic N) is 2. The predicted octanol–water partition coefficient (Wildman–Crippen LogP) is 3.61. The van der Waals surface area contributed by atoms with Crippen LogP contribution in [0.3, 0.4) is 0 Å². The minimum Gasteiger partial charge on any atom is -0.473 e. The smallest absolute Gasteiger partial charge is 0.406 e. The lowest BCUT2D eigenvalue weighted by Gasteiger charge is -2.15. The SMILES string of the molecule is Cc1ccc(O[C@@H](C)C(=O)Nc2ccc(Br)cc2F)c([N+](=O)[O-])n1. The van der Waals surface area contributed by atoms with Crippen molar-refractivity contribution >= 4 is 33.3 Å². The minimum absolute atomic E-state index is 0.0184. The van der Waals surface area contributed by atoms with Gasteiger partial charge in [0.25, 0.3) is 5.91 Å². The summed E-state index contributed by atoms with van der Waals surface area (Å²) < 4.78 is 19.6. The average molecular weight is 398 g/mol. The number of halogens is 2. The second kappa shape index (κ2) is 7.35. The van der Waals surface area contributed by atoms with E-state index in [0.717, 1.165) is 0 Å². The van der Waals surface area contributed by atoms with Crippen molar-refractivity contribution in [3.8, 4) is 5.75 Å². The molecule has 24 heavy (non-hydrogen) atoms. The first-order valence-corrected chi connectivity index (χ1v) is 7.62. The van der Waals surface area contributed by atoms with E-state index < -0.39 is 28.6 Å². The van der Waals surface area contributed by atoms with E-state index in [9.17, 15) is 19.3 Å². The molecule has 1 N–H and O–H groups in total. The molecule has 0 aliphatic rings. The number of benzene rings is 1. The summed E-state index contributed by atoms with van der Waals surface area (Å²) >= 11 is 3.11. The molecular formula is C15H13BrFN3O4. The number of anilines is 1. The van der Waals surface area contributed by atoms with Crippen molar-refractivity contribution < 1.29 is 18.8 Å². The number of hydrogen-bond donors (Lipinski definition) is 1. The Morgan fingerprint density at radius 1 is 1.42 bits per heavy atom. The molecule has 2 aromatic rings. The Bertz CT molecular complexity index is 800. The Balaban J connectivity index is 2.13. The molecule has 0 fully saturated rings. The molecule has 0 aliphatic heterocycles. The maximum absolute atomic E-state index is 13.7. The Hall–Kier alpha value is -2.55. The summed E-state index contributed by atoms with van der Waals surface area (Å²) in [6, 6.07) is 7.06. The van der Waals surface area contributed by atoms with Crippen molar-refractivity contribution in [2.75, 3.05) is 5.32 Å².